The van der Waals surface area contributed by atoms with E-state index in [0.717, 1.165) is 6.42 Å². The minimum atomic E-state index is -0.936. The van der Waals surface area contributed by atoms with Crippen LogP contribution in [0, 0.1) is 11.2 Å². The third kappa shape index (κ3) is 2.57. The molecule has 0 aliphatic carbocycles. The van der Waals surface area contributed by atoms with Crippen molar-refractivity contribution in [2.45, 2.75) is 19.3 Å². The van der Waals surface area contributed by atoms with Gasteiger partial charge in [0.15, 0.2) is 0 Å². The molecule has 3 nitrogen and oxygen atoms in total. The lowest BCUT2D eigenvalue weighted by Crippen LogP contribution is -2.41. The van der Waals surface area contributed by atoms with Gasteiger partial charge in [-0.3, -0.25) is 4.79 Å². The van der Waals surface area contributed by atoms with E-state index >= 15 is 0 Å². The molecule has 2 rings (SSSR count). The number of carboxylic acids is 1. The van der Waals surface area contributed by atoms with Crippen LogP contribution in [-0.4, -0.2) is 24.3 Å². The molecule has 0 amide bonds. The van der Waals surface area contributed by atoms with Gasteiger partial charge in [0.1, 0.15) is 5.82 Å². The molecular weight excluding hydrogens is 303 g/mol. The lowest BCUT2D eigenvalue weighted by molar-refractivity contribution is -0.157. The molecule has 1 aromatic carbocycles. The molecule has 98 valence electrons. The summed E-state index contributed by atoms with van der Waals surface area (Å²) in [6.45, 7) is 0.782. The van der Waals surface area contributed by atoms with E-state index in [1.807, 2.05) is 0 Å². The molecule has 1 saturated heterocycles. The Hall–Kier alpha value is -0.940. The summed E-state index contributed by atoms with van der Waals surface area (Å²) < 4.78 is 19.1. The van der Waals surface area contributed by atoms with E-state index in [1.165, 1.54) is 6.07 Å². The van der Waals surface area contributed by atoms with E-state index in [1.54, 1.807) is 12.1 Å². The first-order valence-electron chi connectivity index (χ1n) is 5.79. The second-order valence-corrected chi connectivity index (χ2v) is 5.42. The van der Waals surface area contributed by atoms with Crippen LogP contribution in [0.2, 0.25) is 0 Å². The van der Waals surface area contributed by atoms with Crippen LogP contribution in [0.25, 0.3) is 0 Å². The van der Waals surface area contributed by atoms with Gasteiger partial charge in [-0.2, -0.15) is 0 Å². The molecule has 1 aliphatic rings. The van der Waals surface area contributed by atoms with E-state index in [0.29, 0.717) is 23.1 Å². The molecule has 0 saturated carbocycles. The van der Waals surface area contributed by atoms with Gasteiger partial charge in [0.05, 0.1) is 16.5 Å². The summed E-state index contributed by atoms with van der Waals surface area (Å²) in [7, 11) is 0. The summed E-state index contributed by atoms with van der Waals surface area (Å²) in [6.07, 6.45) is 1.56. The monoisotopic (exact) mass is 316 g/mol. The van der Waals surface area contributed by atoms with E-state index in [-0.39, 0.29) is 18.8 Å². The van der Waals surface area contributed by atoms with Crippen molar-refractivity contribution in [3.8, 4) is 0 Å². The Morgan fingerprint density at radius 2 is 2.33 bits per heavy atom. The van der Waals surface area contributed by atoms with Gasteiger partial charge in [-0.1, -0.05) is 12.1 Å². The van der Waals surface area contributed by atoms with Gasteiger partial charge >= 0.3 is 5.97 Å². The average Bonchev–Trinajstić information content (AvgIpc) is 2.36. The van der Waals surface area contributed by atoms with Crippen LogP contribution in [0.4, 0.5) is 4.39 Å². The van der Waals surface area contributed by atoms with Crippen LogP contribution in [0.1, 0.15) is 18.4 Å². The van der Waals surface area contributed by atoms with Crippen molar-refractivity contribution in [3.05, 3.63) is 34.1 Å². The molecular formula is C13H14BrFO3. The van der Waals surface area contributed by atoms with Crippen molar-refractivity contribution in [2.24, 2.45) is 5.41 Å². The first-order valence-corrected chi connectivity index (χ1v) is 6.58. The number of hydrogen-bond acceptors (Lipinski definition) is 2. The van der Waals surface area contributed by atoms with Crippen LogP contribution < -0.4 is 0 Å². The average molecular weight is 317 g/mol. The number of aliphatic carboxylic acids is 1. The second-order valence-electron chi connectivity index (χ2n) is 4.63. The molecule has 5 heteroatoms. The van der Waals surface area contributed by atoms with Gasteiger partial charge in [0.2, 0.25) is 0 Å². The van der Waals surface area contributed by atoms with Crippen LogP contribution in [0.15, 0.2) is 22.7 Å². The Morgan fingerprint density at radius 1 is 1.56 bits per heavy atom. The fraction of sp³-hybridized carbons (Fsp3) is 0.462. The highest BCUT2D eigenvalue weighted by Gasteiger charge is 2.41. The van der Waals surface area contributed by atoms with Crippen LogP contribution in [0.5, 0.6) is 0 Å². The normalized spacial score (nSPS) is 23.9. The summed E-state index contributed by atoms with van der Waals surface area (Å²) in [5.41, 5.74) is -0.267. The maximum Gasteiger partial charge on any atom is 0.312 e. The molecule has 0 aromatic heterocycles. The first kappa shape index (κ1) is 13.5. The van der Waals surface area contributed by atoms with Crippen LogP contribution in [0.3, 0.4) is 0 Å². The Balaban J connectivity index is 2.29. The van der Waals surface area contributed by atoms with E-state index < -0.39 is 11.4 Å². The number of rotatable bonds is 3. The lowest BCUT2D eigenvalue weighted by atomic mass is 9.77. The smallest absolute Gasteiger partial charge is 0.312 e. The third-order valence-electron chi connectivity index (χ3n) is 3.34. The highest BCUT2D eigenvalue weighted by molar-refractivity contribution is 9.10. The molecule has 18 heavy (non-hydrogen) atoms. The van der Waals surface area contributed by atoms with E-state index in [9.17, 15) is 14.3 Å². The number of ether oxygens (including phenoxy) is 1. The molecule has 0 bridgehead atoms. The number of carbonyl (C=O) groups is 1. The highest BCUT2D eigenvalue weighted by atomic mass is 79.9. The van der Waals surface area contributed by atoms with Crippen molar-refractivity contribution in [2.75, 3.05) is 13.2 Å². The fourth-order valence-corrected chi connectivity index (χ4v) is 2.69. The largest absolute Gasteiger partial charge is 0.481 e. The maximum absolute atomic E-state index is 13.4. The van der Waals surface area contributed by atoms with Gasteiger partial charge in [0, 0.05) is 6.61 Å². The number of hydrogen-bond donors (Lipinski definition) is 1. The molecule has 1 fully saturated rings. The molecule has 1 unspecified atom stereocenters. The minimum absolute atomic E-state index is 0.186. The summed E-state index contributed by atoms with van der Waals surface area (Å²) >= 11 is 3.17. The summed E-state index contributed by atoms with van der Waals surface area (Å²) in [5.74, 6) is -1.25. The zero-order chi connectivity index (χ0) is 13.2. The van der Waals surface area contributed by atoms with E-state index in [2.05, 4.69) is 15.9 Å². The Kier molecular flexibility index (Phi) is 4.02. The summed E-state index contributed by atoms with van der Waals surface area (Å²) in [4.78, 5) is 11.5. The van der Waals surface area contributed by atoms with Crippen LogP contribution in [-0.2, 0) is 16.0 Å². The van der Waals surface area contributed by atoms with Crippen molar-refractivity contribution >= 4 is 21.9 Å². The number of halogens is 2. The number of carboxylic acid groups (broad SMARTS) is 1. The first-order chi connectivity index (χ1) is 8.55. The minimum Gasteiger partial charge on any atom is -0.481 e. The SMILES string of the molecule is O=C(O)C1(Cc2cccc(F)c2Br)CCCOC1. The summed E-state index contributed by atoms with van der Waals surface area (Å²) in [5, 5.41) is 9.42. The van der Waals surface area contributed by atoms with Gasteiger partial charge in [-0.25, -0.2) is 4.39 Å². The Morgan fingerprint density at radius 3 is 2.94 bits per heavy atom. The maximum atomic E-state index is 13.4. The van der Waals surface area contributed by atoms with Gasteiger partial charge in [0.25, 0.3) is 0 Å². The topological polar surface area (TPSA) is 46.5 Å². The lowest BCUT2D eigenvalue weighted by Gasteiger charge is -2.33. The molecule has 1 N–H and O–H groups in total. The second kappa shape index (κ2) is 5.36. The molecule has 1 aromatic rings. The number of benzene rings is 1. The van der Waals surface area contributed by atoms with Crippen LogP contribution >= 0.6 is 15.9 Å². The van der Waals surface area contributed by atoms with Crippen molar-refractivity contribution < 1.29 is 19.0 Å². The predicted octanol–water partition coefficient (Wildman–Crippen LogP) is 3.01. The Labute approximate surface area is 113 Å². The van der Waals surface area contributed by atoms with Crippen molar-refractivity contribution in [3.63, 3.8) is 0 Å². The zero-order valence-corrected chi connectivity index (χ0v) is 11.4. The molecule has 1 heterocycles. The van der Waals surface area contributed by atoms with Crippen molar-refractivity contribution in [1.82, 2.24) is 0 Å². The quantitative estimate of drug-likeness (QED) is 0.932. The zero-order valence-electron chi connectivity index (χ0n) is 9.79. The molecule has 1 aliphatic heterocycles. The standard InChI is InChI=1S/C13H14BrFO3/c14-11-9(3-1-4-10(11)15)7-13(12(16)17)5-2-6-18-8-13/h1,3-4H,2,5-8H2,(H,16,17). The fourth-order valence-electron chi connectivity index (χ4n) is 2.29. The molecule has 0 spiro atoms. The van der Waals surface area contributed by atoms with Gasteiger partial charge < -0.3 is 9.84 Å². The Bertz CT molecular complexity index is 456. The highest BCUT2D eigenvalue weighted by Crippen LogP contribution is 2.35. The van der Waals surface area contributed by atoms with Gasteiger partial charge in [-0.15, -0.1) is 0 Å². The van der Waals surface area contributed by atoms with E-state index in [4.69, 9.17) is 4.74 Å². The van der Waals surface area contributed by atoms with Crippen molar-refractivity contribution in [1.29, 1.82) is 0 Å². The van der Waals surface area contributed by atoms with Gasteiger partial charge in [-0.05, 0) is 46.8 Å². The summed E-state index contributed by atoms with van der Waals surface area (Å²) in [6, 6.07) is 4.68. The predicted molar refractivity (Wildman–Crippen MR) is 67.9 cm³/mol. The molecule has 1 atom stereocenters. The third-order valence-corrected chi connectivity index (χ3v) is 4.22. The molecule has 0 radical (unpaired) electrons.